The summed E-state index contributed by atoms with van der Waals surface area (Å²) in [6.07, 6.45) is 3.14. The van der Waals surface area contributed by atoms with E-state index in [0.29, 0.717) is 22.4 Å². The number of carbonyl (C=O) groups is 1. The standard InChI is InChI=1S/C23H17F3N4O/c1-14(31)30(20-13-18(25)7-8-19(20)26)23-21(15-9-11-27-12-10-15)22(28-29(23)2)16-3-5-17(24)6-4-16/h3-13H,1-2H3. The summed E-state index contributed by atoms with van der Waals surface area (Å²) in [5.41, 5.74) is 1.96. The summed E-state index contributed by atoms with van der Waals surface area (Å²) in [4.78, 5) is 17.8. The number of hydrogen-bond acceptors (Lipinski definition) is 3. The maximum Gasteiger partial charge on any atom is 0.229 e. The van der Waals surface area contributed by atoms with E-state index in [0.717, 1.165) is 23.1 Å². The molecule has 0 atom stereocenters. The van der Waals surface area contributed by atoms with E-state index in [-0.39, 0.29) is 11.5 Å². The van der Waals surface area contributed by atoms with E-state index in [1.807, 2.05) is 0 Å². The van der Waals surface area contributed by atoms with E-state index in [4.69, 9.17) is 0 Å². The zero-order chi connectivity index (χ0) is 22.1. The van der Waals surface area contributed by atoms with Gasteiger partial charge in [-0.3, -0.25) is 19.4 Å². The highest BCUT2D eigenvalue weighted by atomic mass is 19.1. The molecule has 0 unspecified atom stereocenters. The largest absolute Gasteiger partial charge is 0.274 e. The number of rotatable bonds is 4. The van der Waals surface area contributed by atoms with Crippen molar-refractivity contribution in [2.45, 2.75) is 6.92 Å². The predicted octanol–water partition coefficient (Wildman–Crippen LogP) is 5.25. The van der Waals surface area contributed by atoms with Crippen LogP contribution in [0.25, 0.3) is 22.4 Å². The predicted molar refractivity (Wildman–Crippen MR) is 111 cm³/mol. The lowest BCUT2D eigenvalue weighted by atomic mass is 10.0. The average Bonchev–Trinajstić information content (AvgIpc) is 3.08. The second-order valence-electron chi connectivity index (χ2n) is 6.86. The summed E-state index contributed by atoms with van der Waals surface area (Å²) < 4.78 is 43.5. The number of amides is 1. The second kappa shape index (κ2) is 8.06. The maximum absolute atomic E-state index is 14.7. The third kappa shape index (κ3) is 3.79. The Labute approximate surface area is 176 Å². The summed E-state index contributed by atoms with van der Waals surface area (Å²) in [6.45, 7) is 1.26. The maximum atomic E-state index is 14.7. The Kier molecular flexibility index (Phi) is 5.29. The second-order valence-corrected chi connectivity index (χ2v) is 6.86. The highest BCUT2D eigenvalue weighted by Crippen LogP contribution is 2.42. The van der Waals surface area contributed by atoms with Crippen LogP contribution in [-0.2, 0) is 11.8 Å². The first-order valence-electron chi connectivity index (χ1n) is 9.36. The van der Waals surface area contributed by atoms with E-state index in [1.54, 1.807) is 43.7 Å². The summed E-state index contributed by atoms with van der Waals surface area (Å²) in [7, 11) is 1.60. The van der Waals surface area contributed by atoms with Crippen LogP contribution >= 0.6 is 0 Å². The van der Waals surface area contributed by atoms with E-state index in [1.165, 1.54) is 23.7 Å². The van der Waals surface area contributed by atoms with Crippen LogP contribution in [0.5, 0.6) is 0 Å². The van der Waals surface area contributed by atoms with Crippen LogP contribution in [0.4, 0.5) is 24.7 Å². The lowest BCUT2D eigenvalue weighted by Gasteiger charge is -2.23. The van der Waals surface area contributed by atoms with Crippen molar-refractivity contribution in [3.8, 4) is 22.4 Å². The van der Waals surface area contributed by atoms with E-state index in [2.05, 4.69) is 10.1 Å². The van der Waals surface area contributed by atoms with Crippen LogP contribution in [0.1, 0.15) is 6.92 Å². The van der Waals surface area contributed by atoms with Crippen molar-refractivity contribution < 1.29 is 18.0 Å². The minimum absolute atomic E-state index is 0.238. The molecule has 4 aromatic rings. The van der Waals surface area contributed by atoms with Gasteiger partial charge < -0.3 is 0 Å². The van der Waals surface area contributed by atoms with Crippen molar-refractivity contribution in [2.24, 2.45) is 7.05 Å². The summed E-state index contributed by atoms with van der Waals surface area (Å²) in [6, 6.07) is 12.1. The lowest BCUT2D eigenvalue weighted by Crippen LogP contribution is -2.26. The molecule has 4 rings (SSSR count). The number of anilines is 2. The lowest BCUT2D eigenvalue weighted by molar-refractivity contribution is -0.115. The molecule has 5 nitrogen and oxygen atoms in total. The molecule has 2 heterocycles. The highest BCUT2D eigenvalue weighted by molar-refractivity contribution is 6.04. The van der Waals surface area contributed by atoms with Gasteiger partial charge in [0.15, 0.2) is 0 Å². The number of hydrogen-bond donors (Lipinski definition) is 0. The van der Waals surface area contributed by atoms with Gasteiger partial charge in [0.25, 0.3) is 0 Å². The van der Waals surface area contributed by atoms with Crippen LogP contribution < -0.4 is 4.90 Å². The third-order valence-corrected chi connectivity index (χ3v) is 4.78. The smallest absolute Gasteiger partial charge is 0.229 e. The molecule has 156 valence electrons. The molecule has 0 fully saturated rings. The number of carbonyl (C=O) groups excluding carboxylic acids is 1. The first kappa shape index (κ1) is 20.3. The van der Waals surface area contributed by atoms with Crippen LogP contribution in [-0.4, -0.2) is 20.7 Å². The van der Waals surface area contributed by atoms with Crippen LogP contribution in [0.3, 0.4) is 0 Å². The highest BCUT2D eigenvalue weighted by Gasteiger charge is 2.29. The fraction of sp³-hybridized carbons (Fsp3) is 0.0870. The summed E-state index contributed by atoms with van der Waals surface area (Å²) >= 11 is 0. The number of aromatic nitrogens is 3. The van der Waals surface area contributed by atoms with E-state index < -0.39 is 23.4 Å². The van der Waals surface area contributed by atoms with Crippen LogP contribution in [0.2, 0.25) is 0 Å². The van der Waals surface area contributed by atoms with Gasteiger partial charge in [0.1, 0.15) is 29.0 Å². The molecule has 1 amide bonds. The van der Waals surface area contributed by atoms with Crippen LogP contribution in [0.15, 0.2) is 67.0 Å². The number of benzene rings is 2. The molecule has 0 aliphatic carbocycles. The molecule has 0 N–H and O–H groups in total. The minimum Gasteiger partial charge on any atom is -0.274 e. The van der Waals surface area contributed by atoms with Crippen molar-refractivity contribution >= 4 is 17.4 Å². The fourth-order valence-corrected chi connectivity index (χ4v) is 3.46. The Morgan fingerprint density at radius 1 is 0.903 bits per heavy atom. The first-order chi connectivity index (χ1) is 14.9. The molecule has 2 aromatic carbocycles. The van der Waals surface area contributed by atoms with Crippen molar-refractivity contribution in [2.75, 3.05) is 4.90 Å². The zero-order valence-electron chi connectivity index (χ0n) is 16.7. The molecule has 0 aliphatic heterocycles. The molecule has 0 spiro atoms. The van der Waals surface area contributed by atoms with Crippen molar-refractivity contribution in [3.63, 3.8) is 0 Å². The monoisotopic (exact) mass is 422 g/mol. The number of halogens is 3. The Hall–Kier alpha value is -3.94. The van der Waals surface area contributed by atoms with Crippen molar-refractivity contribution in [1.29, 1.82) is 0 Å². The number of nitrogens with zero attached hydrogens (tertiary/aromatic N) is 4. The van der Waals surface area contributed by atoms with Gasteiger partial charge in [-0.25, -0.2) is 13.2 Å². The topological polar surface area (TPSA) is 51.0 Å². The molecule has 0 saturated heterocycles. The zero-order valence-corrected chi connectivity index (χ0v) is 16.7. The van der Waals surface area contributed by atoms with Gasteiger partial charge in [0, 0.05) is 38.0 Å². The molecule has 0 radical (unpaired) electrons. The fourth-order valence-electron chi connectivity index (χ4n) is 3.46. The van der Waals surface area contributed by atoms with E-state index in [9.17, 15) is 18.0 Å². The van der Waals surface area contributed by atoms with Crippen molar-refractivity contribution in [3.05, 3.63) is 84.4 Å². The normalized spacial score (nSPS) is 10.9. The number of aryl methyl sites for hydroxylation is 1. The summed E-state index contributed by atoms with van der Waals surface area (Å²) in [5, 5.41) is 4.53. The Balaban J connectivity index is 2.04. The van der Waals surface area contributed by atoms with E-state index >= 15 is 0 Å². The Bertz CT molecular complexity index is 1250. The average molecular weight is 422 g/mol. The SMILES string of the molecule is CC(=O)N(c1cc(F)ccc1F)c1c(-c2ccncc2)c(-c2ccc(F)cc2)nn1C. The quantitative estimate of drug-likeness (QED) is 0.451. The molecule has 31 heavy (non-hydrogen) atoms. The Morgan fingerprint density at radius 2 is 1.55 bits per heavy atom. The third-order valence-electron chi connectivity index (χ3n) is 4.78. The molecule has 0 saturated carbocycles. The van der Waals surface area contributed by atoms with Gasteiger partial charge in [-0.05, 0) is 54.1 Å². The van der Waals surface area contributed by atoms with Gasteiger partial charge in [0.05, 0.1) is 11.3 Å². The Morgan fingerprint density at radius 3 is 2.19 bits per heavy atom. The van der Waals surface area contributed by atoms with Gasteiger partial charge >= 0.3 is 0 Å². The van der Waals surface area contributed by atoms with Gasteiger partial charge in [-0.2, -0.15) is 5.10 Å². The van der Waals surface area contributed by atoms with Crippen LogP contribution in [0, 0.1) is 17.5 Å². The summed E-state index contributed by atoms with van der Waals surface area (Å²) in [5.74, 6) is -2.15. The minimum atomic E-state index is -0.762. The van der Waals surface area contributed by atoms with Gasteiger partial charge in [-0.15, -0.1) is 0 Å². The first-order valence-corrected chi connectivity index (χ1v) is 9.36. The molecular weight excluding hydrogens is 405 g/mol. The molecule has 0 aliphatic rings. The molecule has 8 heteroatoms. The van der Waals surface area contributed by atoms with Gasteiger partial charge in [0.2, 0.25) is 5.91 Å². The molecule has 0 bridgehead atoms. The molecule has 2 aromatic heterocycles. The number of pyridine rings is 1. The van der Waals surface area contributed by atoms with Gasteiger partial charge in [-0.1, -0.05) is 0 Å². The molecular formula is C23H17F3N4O. The van der Waals surface area contributed by atoms with Crippen molar-refractivity contribution in [1.82, 2.24) is 14.8 Å².